The van der Waals surface area contributed by atoms with Crippen molar-refractivity contribution in [2.24, 2.45) is 0 Å². The lowest BCUT2D eigenvalue weighted by Crippen LogP contribution is -2.53. The Balaban J connectivity index is 1.87. The Morgan fingerprint density at radius 3 is 2.69 bits per heavy atom. The van der Waals surface area contributed by atoms with Crippen LogP contribution in [0.25, 0.3) is 6.08 Å². The van der Waals surface area contributed by atoms with E-state index in [-0.39, 0.29) is 23.6 Å². The highest BCUT2D eigenvalue weighted by Crippen LogP contribution is 2.29. The minimum absolute atomic E-state index is 0.131. The van der Waals surface area contributed by atoms with Gasteiger partial charge < -0.3 is 19.0 Å². The molecule has 10 nitrogen and oxygen atoms in total. The molecular formula is C19H16N2O8. The Bertz CT molecular complexity index is 994. The van der Waals surface area contributed by atoms with Gasteiger partial charge in [-0.3, -0.25) is 19.8 Å². The average Bonchev–Trinajstić information content (AvgIpc) is 3.20. The molecule has 0 saturated carbocycles. The average molecular weight is 400 g/mol. The lowest BCUT2D eigenvalue weighted by molar-refractivity contribution is -0.139. The van der Waals surface area contributed by atoms with Gasteiger partial charge in [0, 0.05) is 0 Å². The van der Waals surface area contributed by atoms with Gasteiger partial charge in [-0.2, -0.15) is 0 Å². The largest absolute Gasteiger partial charge is 0.493 e. The number of amides is 4. The third kappa shape index (κ3) is 4.43. The van der Waals surface area contributed by atoms with Gasteiger partial charge >= 0.3 is 12.0 Å². The number of carboxylic acids is 1. The predicted molar refractivity (Wildman–Crippen MR) is 96.9 cm³/mol. The molecule has 0 radical (unpaired) electrons. The van der Waals surface area contributed by atoms with Gasteiger partial charge in [-0.1, -0.05) is 6.07 Å². The van der Waals surface area contributed by atoms with Crippen molar-refractivity contribution in [3.63, 3.8) is 0 Å². The van der Waals surface area contributed by atoms with Gasteiger partial charge in [-0.15, -0.1) is 0 Å². The summed E-state index contributed by atoms with van der Waals surface area (Å²) in [6.07, 6.45) is 2.70. The van der Waals surface area contributed by atoms with Gasteiger partial charge in [-0.25, -0.2) is 9.59 Å². The van der Waals surface area contributed by atoms with Crippen molar-refractivity contribution < 1.29 is 38.2 Å². The van der Waals surface area contributed by atoms with E-state index in [4.69, 9.17) is 19.0 Å². The van der Waals surface area contributed by atoms with Crippen LogP contribution in [-0.2, 0) is 20.9 Å². The lowest BCUT2D eigenvalue weighted by atomic mass is 10.1. The zero-order chi connectivity index (χ0) is 21.0. The van der Waals surface area contributed by atoms with E-state index < -0.39 is 30.4 Å². The molecule has 4 amide bonds. The minimum Gasteiger partial charge on any atom is -0.493 e. The van der Waals surface area contributed by atoms with Crippen molar-refractivity contribution in [2.45, 2.75) is 6.54 Å². The summed E-state index contributed by atoms with van der Waals surface area (Å²) in [5, 5.41) is 10.8. The summed E-state index contributed by atoms with van der Waals surface area (Å²) >= 11 is 0. The van der Waals surface area contributed by atoms with E-state index in [1.165, 1.54) is 37.6 Å². The summed E-state index contributed by atoms with van der Waals surface area (Å²) in [5.74, 6) is -1.98. The van der Waals surface area contributed by atoms with Crippen molar-refractivity contribution in [1.82, 2.24) is 10.2 Å². The molecule has 0 bridgehead atoms. The number of nitrogens with zero attached hydrogens (tertiary/aromatic N) is 1. The Morgan fingerprint density at radius 1 is 1.24 bits per heavy atom. The number of furan rings is 1. The fraction of sp³-hybridized carbons (Fsp3) is 0.158. The Morgan fingerprint density at radius 2 is 2.03 bits per heavy atom. The molecule has 150 valence electrons. The zero-order valence-electron chi connectivity index (χ0n) is 15.2. The second kappa shape index (κ2) is 8.30. The molecule has 0 unspecified atom stereocenters. The highest BCUT2D eigenvalue weighted by molar-refractivity contribution is 6.30. The summed E-state index contributed by atoms with van der Waals surface area (Å²) in [6, 6.07) is 6.80. The lowest BCUT2D eigenvalue weighted by Gasteiger charge is -2.25. The van der Waals surface area contributed by atoms with Gasteiger partial charge in [0.25, 0.3) is 11.8 Å². The van der Waals surface area contributed by atoms with Crippen LogP contribution < -0.4 is 14.8 Å². The molecule has 0 spiro atoms. The van der Waals surface area contributed by atoms with E-state index in [1.807, 2.05) is 0 Å². The number of benzene rings is 1. The molecule has 0 aliphatic carbocycles. The fourth-order valence-corrected chi connectivity index (χ4v) is 2.60. The van der Waals surface area contributed by atoms with Crippen LogP contribution >= 0.6 is 0 Å². The summed E-state index contributed by atoms with van der Waals surface area (Å²) in [5.41, 5.74) is 0.160. The number of ether oxygens (including phenoxy) is 2. The molecule has 29 heavy (non-hydrogen) atoms. The molecule has 2 heterocycles. The van der Waals surface area contributed by atoms with E-state index in [0.29, 0.717) is 11.3 Å². The van der Waals surface area contributed by atoms with Crippen LogP contribution in [-0.4, -0.2) is 47.5 Å². The molecule has 0 atom stereocenters. The first-order valence-corrected chi connectivity index (χ1v) is 8.33. The molecule has 1 aliphatic heterocycles. The highest BCUT2D eigenvalue weighted by atomic mass is 16.5. The number of hydrogen-bond acceptors (Lipinski definition) is 7. The number of imide groups is 2. The topological polar surface area (TPSA) is 135 Å². The third-order valence-electron chi connectivity index (χ3n) is 3.93. The van der Waals surface area contributed by atoms with E-state index >= 15 is 0 Å². The quantitative estimate of drug-likeness (QED) is 0.526. The molecule has 1 aromatic carbocycles. The molecule has 1 aromatic heterocycles. The Kier molecular flexibility index (Phi) is 5.63. The summed E-state index contributed by atoms with van der Waals surface area (Å²) in [6.45, 7) is -0.685. The number of hydrogen-bond donors (Lipinski definition) is 2. The first-order valence-electron chi connectivity index (χ1n) is 8.33. The van der Waals surface area contributed by atoms with Gasteiger partial charge in [0.2, 0.25) is 0 Å². The van der Waals surface area contributed by atoms with E-state index in [9.17, 15) is 19.2 Å². The van der Waals surface area contributed by atoms with Crippen LogP contribution in [0.4, 0.5) is 4.79 Å². The normalized spacial score (nSPS) is 15.4. The number of carbonyl (C=O) groups excluding carboxylic acids is 3. The maximum Gasteiger partial charge on any atom is 0.341 e. The van der Waals surface area contributed by atoms with Crippen LogP contribution in [0.5, 0.6) is 11.5 Å². The van der Waals surface area contributed by atoms with Gasteiger partial charge in [0.1, 0.15) is 11.3 Å². The molecular weight excluding hydrogens is 384 g/mol. The van der Waals surface area contributed by atoms with Gasteiger partial charge in [-0.05, 0) is 35.9 Å². The zero-order valence-corrected chi connectivity index (χ0v) is 15.2. The summed E-state index contributed by atoms with van der Waals surface area (Å²) in [4.78, 5) is 48.4. The number of carbonyl (C=O) groups is 4. The summed E-state index contributed by atoms with van der Waals surface area (Å²) < 4.78 is 15.4. The minimum atomic E-state index is -1.15. The number of urea groups is 1. The van der Waals surface area contributed by atoms with E-state index in [0.717, 1.165) is 4.90 Å². The first-order chi connectivity index (χ1) is 13.9. The maximum absolute atomic E-state index is 12.7. The van der Waals surface area contributed by atoms with Crippen LogP contribution in [0.1, 0.15) is 11.3 Å². The fourth-order valence-electron chi connectivity index (χ4n) is 2.60. The molecule has 1 aliphatic rings. The Hall–Kier alpha value is -4.08. The SMILES string of the molecule is COc1cc(C=C2C(=O)NC(=O)N(Cc3ccco3)C2=O)ccc1OCC(=O)O. The standard InChI is InChI=1S/C19H16N2O8/c1-27-15-8-11(4-5-14(15)29-10-16(22)23)7-13-17(24)20-19(26)21(18(13)25)9-12-3-2-6-28-12/h2-8H,9-10H2,1H3,(H,22,23)(H,20,24,26). The summed E-state index contributed by atoms with van der Waals surface area (Å²) in [7, 11) is 1.36. The Labute approximate surface area is 164 Å². The molecule has 10 heteroatoms. The van der Waals surface area contributed by atoms with E-state index in [1.54, 1.807) is 12.1 Å². The number of carboxylic acid groups (broad SMARTS) is 1. The molecule has 2 N–H and O–H groups in total. The number of barbiturate groups is 1. The second-order valence-corrected chi connectivity index (χ2v) is 5.88. The molecule has 3 rings (SSSR count). The highest BCUT2D eigenvalue weighted by Gasteiger charge is 2.36. The van der Waals surface area contributed by atoms with Crippen molar-refractivity contribution in [3.05, 3.63) is 53.5 Å². The predicted octanol–water partition coefficient (Wildman–Crippen LogP) is 1.41. The van der Waals surface area contributed by atoms with Crippen LogP contribution in [0.15, 0.2) is 46.6 Å². The number of methoxy groups -OCH3 is 1. The molecule has 2 aromatic rings. The second-order valence-electron chi connectivity index (χ2n) is 5.88. The van der Waals surface area contributed by atoms with Crippen molar-refractivity contribution in [2.75, 3.05) is 13.7 Å². The van der Waals surface area contributed by atoms with Crippen LogP contribution in [0.2, 0.25) is 0 Å². The van der Waals surface area contributed by atoms with Gasteiger partial charge in [0.05, 0.1) is 19.9 Å². The van der Waals surface area contributed by atoms with Gasteiger partial charge in [0.15, 0.2) is 18.1 Å². The molecule has 1 saturated heterocycles. The first kappa shape index (κ1) is 19.7. The monoisotopic (exact) mass is 400 g/mol. The van der Waals surface area contributed by atoms with Crippen LogP contribution in [0, 0.1) is 0 Å². The molecule has 1 fully saturated rings. The van der Waals surface area contributed by atoms with Crippen molar-refractivity contribution in [1.29, 1.82) is 0 Å². The van der Waals surface area contributed by atoms with Crippen molar-refractivity contribution >= 4 is 29.9 Å². The van der Waals surface area contributed by atoms with Crippen LogP contribution in [0.3, 0.4) is 0 Å². The van der Waals surface area contributed by atoms with E-state index in [2.05, 4.69) is 5.32 Å². The number of aliphatic carboxylic acids is 1. The number of nitrogens with one attached hydrogen (secondary N) is 1. The maximum atomic E-state index is 12.7. The third-order valence-corrected chi connectivity index (χ3v) is 3.93. The van der Waals surface area contributed by atoms with Crippen molar-refractivity contribution in [3.8, 4) is 11.5 Å². The smallest absolute Gasteiger partial charge is 0.341 e. The number of rotatable bonds is 7.